The summed E-state index contributed by atoms with van der Waals surface area (Å²) in [6.07, 6.45) is 4.73. The molecule has 2 unspecified atom stereocenters. The zero-order valence-corrected chi connectivity index (χ0v) is 12.4. The average Bonchev–Trinajstić information content (AvgIpc) is 2.49. The molecule has 1 aliphatic rings. The van der Waals surface area contributed by atoms with E-state index in [9.17, 15) is 0 Å². The molecule has 4 nitrogen and oxygen atoms in total. The molecular formula is C16H25NO3. The topological polar surface area (TPSA) is 53.7 Å². The summed E-state index contributed by atoms with van der Waals surface area (Å²) in [5.74, 6) is 1.59. The van der Waals surface area contributed by atoms with Crippen molar-refractivity contribution in [1.29, 1.82) is 0 Å². The van der Waals surface area contributed by atoms with Gasteiger partial charge in [0.2, 0.25) is 0 Å². The van der Waals surface area contributed by atoms with Crippen LogP contribution in [0.4, 0.5) is 0 Å². The molecule has 0 aliphatic heterocycles. The van der Waals surface area contributed by atoms with Crippen molar-refractivity contribution in [3.63, 3.8) is 0 Å². The third-order valence-electron chi connectivity index (χ3n) is 3.78. The van der Waals surface area contributed by atoms with Crippen LogP contribution >= 0.6 is 0 Å². The first-order valence-corrected chi connectivity index (χ1v) is 7.42. The van der Waals surface area contributed by atoms with Crippen LogP contribution in [0.2, 0.25) is 0 Å². The number of rotatable bonds is 6. The second-order valence-corrected chi connectivity index (χ2v) is 5.15. The molecule has 0 amide bonds. The standard InChI is InChI=1S/C16H25NO3/c1-3-19-15-9-4-6-12(11-17)16(15)20-14-8-5-7-13(10-14)18-2/h4,6,9,13-14H,3,5,7-8,10-11,17H2,1-2H3. The summed E-state index contributed by atoms with van der Waals surface area (Å²) in [4.78, 5) is 0. The van der Waals surface area contributed by atoms with E-state index in [2.05, 4.69) is 0 Å². The van der Waals surface area contributed by atoms with Gasteiger partial charge in [0, 0.05) is 25.6 Å². The van der Waals surface area contributed by atoms with Crippen molar-refractivity contribution >= 4 is 0 Å². The Labute approximate surface area is 121 Å². The van der Waals surface area contributed by atoms with Gasteiger partial charge in [-0.15, -0.1) is 0 Å². The Morgan fingerprint density at radius 2 is 2.05 bits per heavy atom. The number of methoxy groups -OCH3 is 1. The predicted molar refractivity (Wildman–Crippen MR) is 79.2 cm³/mol. The highest BCUT2D eigenvalue weighted by atomic mass is 16.5. The van der Waals surface area contributed by atoms with E-state index in [-0.39, 0.29) is 6.10 Å². The monoisotopic (exact) mass is 279 g/mol. The molecule has 2 rings (SSSR count). The highest BCUT2D eigenvalue weighted by Gasteiger charge is 2.24. The largest absolute Gasteiger partial charge is 0.490 e. The molecule has 2 atom stereocenters. The number of hydrogen-bond donors (Lipinski definition) is 1. The predicted octanol–water partition coefficient (Wildman–Crippen LogP) is 2.88. The summed E-state index contributed by atoms with van der Waals surface area (Å²) in [6, 6.07) is 5.89. The minimum atomic E-state index is 0.181. The van der Waals surface area contributed by atoms with Crippen LogP contribution in [0.1, 0.15) is 38.2 Å². The van der Waals surface area contributed by atoms with E-state index < -0.39 is 0 Å². The molecule has 1 aliphatic carbocycles. The van der Waals surface area contributed by atoms with Gasteiger partial charge in [0.15, 0.2) is 11.5 Å². The number of nitrogens with two attached hydrogens (primary N) is 1. The van der Waals surface area contributed by atoms with Gasteiger partial charge in [-0.2, -0.15) is 0 Å². The van der Waals surface area contributed by atoms with E-state index in [1.54, 1.807) is 7.11 Å². The lowest BCUT2D eigenvalue weighted by molar-refractivity contribution is 0.0197. The zero-order chi connectivity index (χ0) is 14.4. The van der Waals surface area contributed by atoms with Gasteiger partial charge in [0.05, 0.1) is 12.7 Å². The first-order chi connectivity index (χ1) is 9.78. The van der Waals surface area contributed by atoms with Gasteiger partial charge in [-0.25, -0.2) is 0 Å². The molecule has 0 radical (unpaired) electrons. The molecule has 20 heavy (non-hydrogen) atoms. The van der Waals surface area contributed by atoms with Crippen molar-refractivity contribution in [2.75, 3.05) is 13.7 Å². The van der Waals surface area contributed by atoms with Crippen LogP contribution in [0.3, 0.4) is 0 Å². The first kappa shape index (κ1) is 15.1. The number of benzene rings is 1. The van der Waals surface area contributed by atoms with E-state index in [0.717, 1.165) is 42.7 Å². The van der Waals surface area contributed by atoms with Crippen LogP contribution in [0, 0.1) is 0 Å². The average molecular weight is 279 g/mol. The lowest BCUT2D eigenvalue weighted by Gasteiger charge is -2.30. The van der Waals surface area contributed by atoms with Gasteiger partial charge in [-0.1, -0.05) is 12.1 Å². The molecule has 1 aromatic rings. The van der Waals surface area contributed by atoms with E-state index in [0.29, 0.717) is 19.3 Å². The van der Waals surface area contributed by atoms with Gasteiger partial charge in [0.25, 0.3) is 0 Å². The summed E-state index contributed by atoms with van der Waals surface area (Å²) in [7, 11) is 1.77. The van der Waals surface area contributed by atoms with Crippen LogP contribution in [-0.4, -0.2) is 25.9 Å². The molecular weight excluding hydrogens is 254 g/mol. The summed E-state index contributed by atoms with van der Waals surface area (Å²) in [5.41, 5.74) is 6.81. The van der Waals surface area contributed by atoms with Gasteiger partial charge in [-0.3, -0.25) is 0 Å². The maximum absolute atomic E-state index is 6.21. The van der Waals surface area contributed by atoms with E-state index in [1.165, 1.54) is 0 Å². The maximum Gasteiger partial charge on any atom is 0.166 e. The summed E-state index contributed by atoms with van der Waals surface area (Å²) < 4.78 is 17.3. The van der Waals surface area contributed by atoms with Crippen LogP contribution in [0.15, 0.2) is 18.2 Å². The third kappa shape index (κ3) is 3.64. The first-order valence-electron chi connectivity index (χ1n) is 7.42. The number of ether oxygens (including phenoxy) is 3. The fourth-order valence-electron chi connectivity index (χ4n) is 2.71. The Balaban J connectivity index is 2.14. The molecule has 4 heteroatoms. The summed E-state index contributed by atoms with van der Waals surface area (Å²) in [6.45, 7) is 3.05. The summed E-state index contributed by atoms with van der Waals surface area (Å²) in [5, 5.41) is 0. The van der Waals surface area contributed by atoms with Crippen molar-refractivity contribution in [3.8, 4) is 11.5 Å². The fourth-order valence-corrected chi connectivity index (χ4v) is 2.71. The second-order valence-electron chi connectivity index (χ2n) is 5.15. The van der Waals surface area contributed by atoms with Crippen LogP contribution in [0.5, 0.6) is 11.5 Å². The van der Waals surface area contributed by atoms with Crippen molar-refractivity contribution < 1.29 is 14.2 Å². The highest BCUT2D eigenvalue weighted by Crippen LogP contribution is 2.34. The van der Waals surface area contributed by atoms with Gasteiger partial charge >= 0.3 is 0 Å². The SMILES string of the molecule is CCOc1cccc(CN)c1OC1CCCC(OC)C1. The molecule has 112 valence electrons. The molecule has 1 saturated carbocycles. The zero-order valence-electron chi connectivity index (χ0n) is 12.4. The Hall–Kier alpha value is -1.26. The van der Waals surface area contributed by atoms with Crippen molar-refractivity contribution in [1.82, 2.24) is 0 Å². The Kier molecular flexibility index (Phi) is 5.68. The van der Waals surface area contributed by atoms with E-state index in [4.69, 9.17) is 19.9 Å². The Morgan fingerprint density at radius 1 is 1.25 bits per heavy atom. The normalized spacial score (nSPS) is 22.6. The summed E-state index contributed by atoms with van der Waals surface area (Å²) >= 11 is 0. The molecule has 1 aromatic carbocycles. The molecule has 0 spiro atoms. The van der Waals surface area contributed by atoms with Crippen LogP contribution in [-0.2, 0) is 11.3 Å². The van der Waals surface area contributed by atoms with Crippen molar-refractivity contribution in [2.45, 2.75) is 51.4 Å². The van der Waals surface area contributed by atoms with Crippen LogP contribution in [0.25, 0.3) is 0 Å². The van der Waals surface area contributed by atoms with E-state index in [1.807, 2.05) is 25.1 Å². The van der Waals surface area contributed by atoms with Crippen LogP contribution < -0.4 is 15.2 Å². The Morgan fingerprint density at radius 3 is 2.75 bits per heavy atom. The minimum Gasteiger partial charge on any atom is -0.490 e. The quantitative estimate of drug-likeness (QED) is 0.870. The molecule has 0 saturated heterocycles. The third-order valence-corrected chi connectivity index (χ3v) is 3.78. The number of hydrogen-bond acceptors (Lipinski definition) is 4. The molecule has 0 aromatic heterocycles. The minimum absolute atomic E-state index is 0.181. The van der Waals surface area contributed by atoms with Gasteiger partial charge in [0.1, 0.15) is 6.10 Å². The lowest BCUT2D eigenvalue weighted by atomic mass is 9.95. The van der Waals surface area contributed by atoms with Crippen molar-refractivity contribution in [2.24, 2.45) is 5.73 Å². The molecule has 2 N–H and O–H groups in total. The lowest BCUT2D eigenvalue weighted by Crippen LogP contribution is -2.30. The molecule has 0 bridgehead atoms. The maximum atomic E-state index is 6.21. The van der Waals surface area contributed by atoms with E-state index >= 15 is 0 Å². The smallest absolute Gasteiger partial charge is 0.166 e. The fraction of sp³-hybridized carbons (Fsp3) is 0.625. The second kappa shape index (κ2) is 7.50. The molecule has 1 fully saturated rings. The number of para-hydroxylation sites is 1. The van der Waals surface area contributed by atoms with Gasteiger partial charge in [-0.05, 0) is 32.3 Å². The Bertz CT molecular complexity index is 422. The molecule has 0 heterocycles. The van der Waals surface area contributed by atoms with Crippen molar-refractivity contribution in [3.05, 3.63) is 23.8 Å². The van der Waals surface area contributed by atoms with Gasteiger partial charge < -0.3 is 19.9 Å². The highest BCUT2D eigenvalue weighted by molar-refractivity contribution is 5.46.